The van der Waals surface area contributed by atoms with Gasteiger partial charge in [0, 0.05) is 36.0 Å². The second-order valence-electron chi connectivity index (χ2n) is 6.85. The number of benzene rings is 1. The molecular weight excluding hydrogens is 342 g/mol. The van der Waals surface area contributed by atoms with Crippen LogP contribution in [-0.2, 0) is 4.74 Å². The van der Waals surface area contributed by atoms with Crippen LogP contribution >= 0.6 is 0 Å². The monoisotopic (exact) mass is 363 g/mol. The van der Waals surface area contributed by atoms with Crippen molar-refractivity contribution >= 4 is 34.0 Å². The molecule has 0 spiro atoms. The lowest BCUT2D eigenvalue weighted by molar-refractivity contribution is 0.0903. The molecule has 27 heavy (non-hydrogen) atoms. The van der Waals surface area contributed by atoms with Crippen molar-refractivity contribution in [1.29, 1.82) is 0 Å². The highest BCUT2D eigenvalue weighted by Gasteiger charge is 2.15. The van der Waals surface area contributed by atoms with Crippen molar-refractivity contribution in [2.75, 3.05) is 23.8 Å². The molecular formula is C19H21N7O. The van der Waals surface area contributed by atoms with E-state index in [1.54, 1.807) is 0 Å². The highest BCUT2D eigenvalue weighted by molar-refractivity contribution is 5.85. The largest absolute Gasteiger partial charge is 0.381 e. The van der Waals surface area contributed by atoms with Crippen molar-refractivity contribution in [3.63, 3.8) is 0 Å². The summed E-state index contributed by atoms with van der Waals surface area (Å²) in [6.07, 6.45) is 2.00. The molecule has 0 atom stereocenters. The molecule has 0 unspecified atom stereocenters. The summed E-state index contributed by atoms with van der Waals surface area (Å²) in [5.41, 5.74) is 3.72. The topological polar surface area (TPSA) is 92.2 Å². The molecule has 0 bridgehead atoms. The summed E-state index contributed by atoms with van der Waals surface area (Å²) in [4.78, 5) is 4.60. The predicted molar refractivity (Wildman–Crippen MR) is 105 cm³/mol. The molecule has 3 aromatic heterocycles. The molecule has 138 valence electrons. The third-order valence-electron chi connectivity index (χ3n) is 4.93. The highest BCUT2D eigenvalue weighted by Crippen LogP contribution is 2.23. The van der Waals surface area contributed by atoms with E-state index in [1.165, 1.54) is 0 Å². The van der Waals surface area contributed by atoms with E-state index in [9.17, 15) is 0 Å². The minimum atomic E-state index is 0.399. The van der Waals surface area contributed by atoms with Gasteiger partial charge in [0.15, 0.2) is 5.65 Å². The predicted octanol–water partition coefficient (Wildman–Crippen LogP) is 3.25. The van der Waals surface area contributed by atoms with Crippen molar-refractivity contribution in [3.8, 4) is 0 Å². The summed E-state index contributed by atoms with van der Waals surface area (Å²) < 4.78 is 7.28. The number of ether oxygens (including phenoxy) is 1. The number of hydrogen-bond acceptors (Lipinski definition) is 6. The number of nitrogens with zero attached hydrogens (tertiary/aromatic N) is 4. The molecule has 0 radical (unpaired) electrons. The summed E-state index contributed by atoms with van der Waals surface area (Å²) in [6, 6.07) is 12.4. The number of anilines is 3. The van der Waals surface area contributed by atoms with Crippen LogP contribution in [0, 0.1) is 6.92 Å². The van der Waals surface area contributed by atoms with Gasteiger partial charge in [-0.05, 0) is 50.1 Å². The normalized spacial score (nSPS) is 15.4. The maximum atomic E-state index is 5.44. The Kier molecular flexibility index (Phi) is 3.90. The van der Waals surface area contributed by atoms with Gasteiger partial charge in [0.25, 0.3) is 0 Å². The van der Waals surface area contributed by atoms with E-state index in [4.69, 9.17) is 4.74 Å². The summed E-state index contributed by atoms with van der Waals surface area (Å²) in [7, 11) is 0. The first-order chi connectivity index (χ1) is 13.3. The molecule has 0 aliphatic carbocycles. The van der Waals surface area contributed by atoms with Crippen molar-refractivity contribution in [3.05, 3.63) is 42.1 Å². The molecule has 8 heteroatoms. The van der Waals surface area contributed by atoms with E-state index in [2.05, 4.69) is 37.0 Å². The van der Waals surface area contributed by atoms with Crippen molar-refractivity contribution in [2.45, 2.75) is 25.8 Å². The average Bonchev–Trinajstić information content (AvgIpc) is 3.27. The number of aromatic nitrogens is 5. The number of rotatable bonds is 4. The molecule has 4 heterocycles. The molecule has 1 aromatic carbocycles. The SMILES string of the molecule is Cc1[nH]nc2ccc(Nc3nc4cccc(NC5CCOCC5)n4n3)cc12. The smallest absolute Gasteiger partial charge is 0.247 e. The third-order valence-corrected chi connectivity index (χ3v) is 4.93. The average molecular weight is 363 g/mol. The van der Waals surface area contributed by atoms with Crippen molar-refractivity contribution < 1.29 is 4.74 Å². The van der Waals surface area contributed by atoms with Crippen LogP contribution in [-0.4, -0.2) is 44.1 Å². The first kappa shape index (κ1) is 16.1. The van der Waals surface area contributed by atoms with Gasteiger partial charge in [-0.15, -0.1) is 5.10 Å². The molecule has 1 fully saturated rings. The molecule has 1 aliphatic rings. The molecule has 8 nitrogen and oxygen atoms in total. The number of H-pyrrole nitrogens is 1. The van der Waals surface area contributed by atoms with E-state index < -0.39 is 0 Å². The van der Waals surface area contributed by atoms with Crippen LogP contribution in [0.15, 0.2) is 36.4 Å². The zero-order valence-corrected chi connectivity index (χ0v) is 15.1. The van der Waals surface area contributed by atoms with Gasteiger partial charge in [0.1, 0.15) is 5.82 Å². The van der Waals surface area contributed by atoms with Gasteiger partial charge in [-0.3, -0.25) is 5.10 Å². The molecule has 0 amide bonds. The first-order valence-corrected chi connectivity index (χ1v) is 9.18. The molecule has 0 saturated carbocycles. The summed E-state index contributed by atoms with van der Waals surface area (Å²) >= 11 is 0. The van der Waals surface area contributed by atoms with Crippen LogP contribution in [0.1, 0.15) is 18.5 Å². The Morgan fingerprint density at radius 1 is 1.19 bits per heavy atom. The van der Waals surface area contributed by atoms with Gasteiger partial charge in [-0.2, -0.15) is 14.6 Å². The van der Waals surface area contributed by atoms with E-state index in [1.807, 2.05) is 41.8 Å². The van der Waals surface area contributed by atoms with E-state index in [-0.39, 0.29) is 0 Å². The molecule has 4 aromatic rings. The number of aromatic amines is 1. The Morgan fingerprint density at radius 3 is 2.96 bits per heavy atom. The number of aryl methyl sites for hydroxylation is 1. The number of nitrogens with one attached hydrogen (secondary N) is 3. The minimum Gasteiger partial charge on any atom is -0.381 e. The molecule has 3 N–H and O–H groups in total. The van der Waals surface area contributed by atoms with Crippen LogP contribution in [0.5, 0.6) is 0 Å². The Hall–Kier alpha value is -3.13. The fourth-order valence-corrected chi connectivity index (χ4v) is 3.46. The van der Waals surface area contributed by atoms with Crippen molar-refractivity contribution in [2.24, 2.45) is 0 Å². The van der Waals surface area contributed by atoms with Gasteiger partial charge < -0.3 is 15.4 Å². The van der Waals surface area contributed by atoms with Crippen LogP contribution in [0.25, 0.3) is 16.6 Å². The maximum absolute atomic E-state index is 5.44. The van der Waals surface area contributed by atoms with E-state index in [0.29, 0.717) is 12.0 Å². The zero-order valence-electron chi connectivity index (χ0n) is 15.1. The van der Waals surface area contributed by atoms with Crippen LogP contribution in [0.3, 0.4) is 0 Å². The minimum absolute atomic E-state index is 0.399. The fraction of sp³-hybridized carbons (Fsp3) is 0.316. The number of fused-ring (bicyclic) bond motifs is 2. The standard InChI is InChI=1S/C19H21N7O/c1-12-15-11-14(5-6-16(15)24-23-12)21-19-22-18-4-2-3-17(26(18)25-19)20-13-7-9-27-10-8-13/h2-6,11,13,20H,7-10H2,1H3,(H,21,25)(H,23,24). The van der Waals surface area contributed by atoms with E-state index in [0.717, 1.165) is 59.8 Å². The van der Waals surface area contributed by atoms with Gasteiger partial charge in [-0.1, -0.05) is 6.07 Å². The van der Waals surface area contributed by atoms with Gasteiger partial charge in [0.05, 0.1) is 5.52 Å². The fourth-order valence-electron chi connectivity index (χ4n) is 3.46. The lowest BCUT2D eigenvalue weighted by Crippen LogP contribution is -2.28. The Morgan fingerprint density at radius 2 is 2.07 bits per heavy atom. The molecule has 1 saturated heterocycles. The third kappa shape index (κ3) is 3.08. The van der Waals surface area contributed by atoms with Gasteiger partial charge in [0.2, 0.25) is 5.95 Å². The quantitative estimate of drug-likeness (QED) is 0.515. The summed E-state index contributed by atoms with van der Waals surface area (Å²) in [5, 5.41) is 19.9. The summed E-state index contributed by atoms with van der Waals surface area (Å²) in [6.45, 7) is 3.61. The molecule has 5 rings (SSSR count). The summed E-state index contributed by atoms with van der Waals surface area (Å²) in [5.74, 6) is 1.51. The second kappa shape index (κ2) is 6.55. The first-order valence-electron chi connectivity index (χ1n) is 9.18. The van der Waals surface area contributed by atoms with Gasteiger partial charge in [-0.25, -0.2) is 0 Å². The lowest BCUT2D eigenvalue weighted by Gasteiger charge is -2.24. The lowest BCUT2D eigenvalue weighted by atomic mass is 10.1. The number of pyridine rings is 1. The number of hydrogen-bond donors (Lipinski definition) is 3. The second-order valence-corrected chi connectivity index (χ2v) is 6.85. The Bertz CT molecular complexity index is 1090. The van der Waals surface area contributed by atoms with Gasteiger partial charge >= 0.3 is 0 Å². The van der Waals surface area contributed by atoms with E-state index >= 15 is 0 Å². The zero-order chi connectivity index (χ0) is 18.2. The Labute approximate surface area is 155 Å². The highest BCUT2D eigenvalue weighted by atomic mass is 16.5. The van der Waals surface area contributed by atoms with Crippen LogP contribution < -0.4 is 10.6 Å². The maximum Gasteiger partial charge on any atom is 0.247 e. The van der Waals surface area contributed by atoms with Crippen LogP contribution in [0.2, 0.25) is 0 Å². The Balaban J connectivity index is 1.43. The molecule has 1 aliphatic heterocycles. The van der Waals surface area contributed by atoms with Crippen LogP contribution in [0.4, 0.5) is 17.5 Å². The van der Waals surface area contributed by atoms with Crippen molar-refractivity contribution in [1.82, 2.24) is 24.8 Å².